The van der Waals surface area contributed by atoms with Gasteiger partial charge in [-0.1, -0.05) is 0 Å². The van der Waals surface area contributed by atoms with Crippen LogP contribution in [0.3, 0.4) is 0 Å². The number of sulfonamides is 1. The van der Waals surface area contributed by atoms with E-state index in [1.165, 1.54) is 12.1 Å². The van der Waals surface area contributed by atoms with Crippen molar-refractivity contribution >= 4 is 16.0 Å². The Balaban J connectivity index is 2.10. The van der Waals surface area contributed by atoms with Gasteiger partial charge in [0.1, 0.15) is 13.2 Å². The largest absolute Gasteiger partial charge is 0.486 e. The quantitative estimate of drug-likeness (QED) is 0.811. The van der Waals surface area contributed by atoms with E-state index in [1.807, 2.05) is 0 Å². The second-order valence-corrected chi connectivity index (χ2v) is 6.47. The van der Waals surface area contributed by atoms with E-state index >= 15 is 0 Å². The minimum Gasteiger partial charge on any atom is -0.486 e. The summed E-state index contributed by atoms with van der Waals surface area (Å²) in [6.07, 6.45) is 0.129. The molecule has 1 aliphatic rings. The maximum Gasteiger partial charge on any atom is 0.303 e. The molecule has 0 radical (unpaired) electrons. The number of nitrogens with one attached hydrogen (secondary N) is 1. The van der Waals surface area contributed by atoms with E-state index in [9.17, 15) is 13.2 Å². The average molecular weight is 315 g/mol. The summed E-state index contributed by atoms with van der Waals surface area (Å²) in [5.41, 5.74) is 0. The topological polar surface area (TPSA) is 102 Å². The van der Waals surface area contributed by atoms with Gasteiger partial charge in [-0.25, -0.2) is 13.1 Å². The molecule has 2 rings (SSSR count). The molecule has 8 heteroatoms. The molecule has 1 aromatic rings. The summed E-state index contributed by atoms with van der Waals surface area (Å²) in [5.74, 6) is -0.0539. The van der Waals surface area contributed by atoms with Crippen LogP contribution in [0.15, 0.2) is 23.1 Å². The van der Waals surface area contributed by atoms with Crippen molar-refractivity contribution in [3.8, 4) is 11.5 Å². The molecular weight excluding hydrogens is 298 g/mol. The normalized spacial score (nSPS) is 15.5. The number of carbonyl (C=O) groups is 1. The molecule has 0 fully saturated rings. The summed E-state index contributed by atoms with van der Waals surface area (Å²) < 4.78 is 37.6. The fraction of sp³-hybridized carbons (Fsp3) is 0.462. The molecule has 0 amide bonds. The first-order valence-electron chi connectivity index (χ1n) is 6.52. The Bertz CT molecular complexity index is 628. The van der Waals surface area contributed by atoms with Crippen LogP contribution < -0.4 is 14.2 Å². The van der Waals surface area contributed by atoms with Gasteiger partial charge in [-0.15, -0.1) is 0 Å². The lowest BCUT2D eigenvalue weighted by atomic mass is 10.2. The van der Waals surface area contributed by atoms with Crippen molar-refractivity contribution in [3.05, 3.63) is 18.2 Å². The van der Waals surface area contributed by atoms with Crippen LogP contribution in [0.25, 0.3) is 0 Å². The highest BCUT2D eigenvalue weighted by molar-refractivity contribution is 7.89. The summed E-state index contributed by atoms with van der Waals surface area (Å²) in [7, 11) is -3.72. The maximum atomic E-state index is 12.2. The molecule has 1 aliphatic heterocycles. The van der Waals surface area contributed by atoms with Crippen LogP contribution in [0.2, 0.25) is 0 Å². The Morgan fingerprint density at radius 2 is 2.00 bits per heavy atom. The molecule has 1 unspecified atom stereocenters. The number of carboxylic acid groups (broad SMARTS) is 1. The van der Waals surface area contributed by atoms with E-state index in [1.54, 1.807) is 13.0 Å². The van der Waals surface area contributed by atoms with Crippen molar-refractivity contribution in [1.29, 1.82) is 0 Å². The van der Waals surface area contributed by atoms with Crippen LogP contribution in [-0.4, -0.2) is 38.7 Å². The first kappa shape index (κ1) is 15.6. The fourth-order valence-corrected chi connectivity index (χ4v) is 3.22. The van der Waals surface area contributed by atoms with E-state index in [2.05, 4.69) is 4.72 Å². The third-order valence-electron chi connectivity index (χ3n) is 2.97. The predicted molar refractivity (Wildman–Crippen MR) is 74.1 cm³/mol. The van der Waals surface area contributed by atoms with Gasteiger partial charge < -0.3 is 14.6 Å². The number of aliphatic carboxylic acids is 1. The van der Waals surface area contributed by atoms with Crippen LogP contribution >= 0.6 is 0 Å². The number of fused-ring (bicyclic) bond motifs is 1. The molecule has 0 saturated heterocycles. The molecular formula is C13H17NO6S. The Labute approximate surface area is 122 Å². The number of benzene rings is 1. The number of rotatable bonds is 6. The highest BCUT2D eigenvalue weighted by Gasteiger charge is 2.21. The van der Waals surface area contributed by atoms with Crippen LogP contribution in [0.4, 0.5) is 0 Å². The van der Waals surface area contributed by atoms with Crippen molar-refractivity contribution in [2.75, 3.05) is 13.2 Å². The minimum absolute atomic E-state index is 0.0638. The van der Waals surface area contributed by atoms with Gasteiger partial charge in [-0.3, -0.25) is 4.79 Å². The molecule has 21 heavy (non-hydrogen) atoms. The lowest BCUT2D eigenvalue weighted by Gasteiger charge is -2.19. The third-order valence-corrected chi connectivity index (χ3v) is 4.56. The summed E-state index contributed by atoms with van der Waals surface area (Å²) >= 11 is 0. The molecule has 0 saturated carbocycles. The van der Waals surface area contributed by atoms with Crippen molar-refractivity contribution in [2.24, 2.45) is 0 Å². The molecule has 1 aromatic carbocycles. The monoisotopic (exact) mass is 315 g/mol. The van der Waals surface area contributed by atoms with E-state index in [0.717, 1.165) is 0 Å². The highest BCUT2D eigenvalue weighted by Crippen LogP contribution is 2.32. The van der Waals surface area contributed by atoms with Crippen LogP contribution in [0.5, 0.6) is 11.5 Å². The van der Waals surface area contributed by atoms with Gasteiger partial charge in [0, 0.05) is 18.5 Å². The summed E-state index contributed by atoms with van der Waals surface area (Å²) in [5, 5.41) is 8.60. The van der Waals surface area contributed by atoms with Crippen molar-refractivity contribution in [1.82, 2.24) is 4.72 Å². The van der Waals surface area contributed by atoms with Crippen LogP contribution in [0, 0.1) is 0 Å². The summed E-state index contributed by atoms with van der Waals surface area (Å²) in [6.45, 7) is 2.43. The van der Waals surface area contributed by atoms with Crippen LogP contribution in [-0.2, 0) is 14.8 Å². The van der Waals surface area contributed by atoms with Crippen molar-refractivity contribution < 1.29 is 27.8 Å². The third kappa shape index (κ3) is 4.08. The lowest BCUT2D eigenvalue weighted by Crippen LogP contribution is -2.33. The number of hydrogen-bond acceptors (Lipinski definition) is 5. The zero-order valence-electron chi connectivity index (χ0n) is 11.5. The van der Waals surface area contributed by atoms with Crippen LogP contribution in [0.1, 0.15) is 19.8 Å². The molecule has 1 atom stereocenters. The van der Waals surface area contributed by atoms with Gasteiger partial charge in [0.05, 0.1) is 4.90 Å². The Morgan fingerprint density at radius 1 is 1.33 bits per heavy atom. The lowest BCUT2D eigenvalue weighted by molar-refractivity contribution is -0.137. The molecule has 0 aliphatic carbocycles. The van der Waals surface area contributed by atoms with Gasteiger partial charge in [-0.2, -0.15) is 0 Å². The molecule has 116 valence electrons. The molecule has 0 spiro atoms. The van der Waals surface area contributed by atoms with Gasteiger partial charge >= 0.3 is 5.97 Å². The Hall–Kier alpha value is -1.80. The number of hydrogen-bond donors (Lipinski definition) is 2. The fourth-order valence-electron chi connectivity index (χ4n) is 1.92. The Kier molecular flexibility index (Phi) is 4.69. The number of ether oxygens (including phenoxy) is 2. The maximum absolute atomic E-state index is 12.2. The summed E-state index contributed by atoms with van der Waals surface area (Å²) in [6, 6.07) is 3.91. The smallest absolute Gasteiger partial charge is 0.303 e. The number of carboxylic acids is 1. The first-order chi connectivity index (χ1) is 9.88. The second-order valence-electron chi connectivity index (χ2n) is 4.76. The second kappa shape index (κ2) is 6.31. The average Bonchev–Trinajstić information content (AvgIpc) is 2.44. The molecule has 0 aromatic heterocycles. The predicted octanol–water partition coefficient (Wildman–Crippen LogP) is 0.989. The van der Waals surface area contributed by atoms with Gasteiger partial charge in [0.2, 0.25) is 10.0 Å². The zero-order valence-corrected chi connectivity index (χ0v) is 12.4. The highest BCUT2D eigenvalue weighted by atomic mass is 32.2. The van der Waals surface area contributed by atoms with Gasteiger partial charge in [-0.05, 0) is 25.5 Å². The van der Waals surface area contributed by atoms with E-state index in [-0.39, 0.29) is 17.7 Å². The zero-order chi connectivity index (χ0) is 15.5. The molecule has 0 bridgehead atoms. The van der Waals surface area contributed by atoms with E-state index in [0.29, 0.717) is 24.7 Å². The Morgan fingerprint density at radius 3 is 2.67 bits per heavy atom. The molecule has 7 nitrogen and oxygen atoms in total. The molecule has 2 N–H and O–H groups in total. The van der Waals surface area contributed by atoms with Crippen molar-refractivity contribution in [3.63, 3.8) is 0 Å². The van der Waals surface area contributed by atoms with Crippen molar-refractivity contribution in [2.45, 2.75) is 30.7 Å². The standard InChI is InChI=1S/C13H17NO6S/c1-9(2-5-13(15)16)14-21(17,18)10-3-4-11-12(8-10)20-7-6-19-11/h3-4,8-9,14H,2,5-7H2,1H3,(H,15,16). The SMILES string of the molecule is CC(CCC(=O)O)NS(=O)(=O)c1ccc2c(c1)OCCO2. The summed E-state index contributed by atoms with van der Waals surface area (Å²) in [4.78, 5) is 10.6. The minimum atomic E-state index is -3.72. The molecule has 1 heterocycles. The van der Waals surface area contributed by atoms with Gasteiger partial charge in [0.25, 0.3) is 0 Å². The van der Waals surface area contributed by atoms with E-state index in [4.69, 9.17) is 14.6 Å². The van der Waals surface area contributed by atoms with E-state index < -0.39 is 22.0 Å². The first-order valence-corrected chi connectivity index (χ1v) is 8.00. The van der Waals surface area contributed by atoms with Gasteiger partial charge in [0.15, 0.2) is 11.5 Å².